The van der Waals surface area contributed by atoms with E-state index in [0.29, 0.717) is 13.0 Å². The minimum atomic E-state index is -0.530. The zero-order valence-corrected chi connectivity index (χ0v) is 9.17. The lowest BCUT2D eigenvalue weighted by Crippen LogP contribution is -2.35. The molecule has 0 amide bonds. The smallest absolute Gasteiger partial charge is 0.316 e. The van der Waals surface area contributed by atoms with E-state index in [1.807, 2.05) is 0 Å². The van der Waals surface area contributed by atoms with E-state index in [1.54, 1.807) is 6.92 Å². The molecule has 2 atom stereocenters. The highest BCUT2D eigenvalue weighted by Crippen LogP contribution is 2.26. The third kappa shape index (κ3) is 2.53. The summed E-state index contributed by atoms with van der Waals surface area (Å²) in [5, 5.41) is 0. The van der Waals surface area contributed by atoms with E-state index in [9.17, 15) is 9.59 Å². The number of ether oxygens (including phenoxy) is 1. The SMILES string of the molecule is CCOC(=O)[C@@H]1CCC[C@H](Br)C1=O. The van der Waals surface area contributed by atoms with Crippen LogP contribution in [0.25, 0.3) is 0 Å². The van der Waals surface area contributed by atoms with Crippen LogP contribution >= 0.6 is 15.9 Å². The summed E-state index contributed by atoms with van der Waals surface area (Å²) in [5.74, 6) is -0.917. The normalized spacial score (nSPS) is 28.6. The van der Waals surface area contributed by atoms with Crippen molar-refractivity contribution in [2.45, 2.75) is 31.0 Å². The molecular formula is C9H13BrO3. The number of halogens is 1. The molecule has 0 aromatic rings. The largest absolute Gasteiger partial charge is 0.465 e. The monoisotopic (exact) mass is 248 g/mol. The molecule has 0 bridgehead atoms. The van der Waals surface area contributed by atoms with Gasteiger partial charge in [0.1, 0.15) is 5.92 Å². The number of carbonyl (C=O) groups is 2. The van der Waals surface area contributed by atoms with Crippen LogP contribution in [-0.4, -0.2) is 23.2 Å². The van der Waals surface area contributed by atoms with E-state index in [-0.39, 0.29) is 16.6 Å². The lowest BCUT2D eigenvalue weighted by atomic mass is 9.88. The first kappa shape index (κ1) is 10.7. The highest BCUT2D eigenvalue weighted by molar-refractivity contribution is 9.10. The Bertz CT molecular complexity index is 215. The molecular weight excluding hydrogens is 236 g/mol. The second-order valence-corrected chi connectivity index (χ2v) is 4.21. The molecule has 4 heteroatoms. The number of rotatable bonds is 2. The van der Waals surface area contributed by atoms with E-state index in [2.05, 4.69) is 15.9 Å². The lowest BCUT2D eigenvalue weighted by Gasteiger charge is -2.22. The van der Waals surface area contributed by atoms with Crippen molar-refractivity contribution in [2.75, 3.05) is 6.61 Å². The summed E-state index contributed by atoms with van der Waals surface area (Å²) in [6, 6.07) is 0. The molecule has 0 spiro atoms. The number of ketones is 1. The van der Waals surface area contributed by atoms with Gasteiger partial charge in [0.2, 0.25) is 0 Å². The standard InChI is InChI=1S/C9H13BrO3/c1-2-13-9(12)6-4-3-5-7(10)8(6)11/h6-7H,2-5H2,1H3/t6-,7+/m1/s1. The summed E-state index contributed by atoms with van der Waals surface area (Å²) in [6.45, 7) is 2.09. The maximum absolute atomic E-state index is 11.5. The molecule has 0 saturated heterocycles. The van der Waals surface area contributed by atoms with Crippen LogP contribution in [0.4, 0.5) is 0 Å². The Morgan fingerprint density at radius 2 is 2.31 bits per heavy atom. The van der Waals surface area contributed by atoms with Crippen LogP contribution in [0, 0.1) is 5.92 Å². The van der Waals surface area contributed by atoms with Gasteiger partial charge in [0.15, 0.2) is 5.78 Å². The quantitative estimate of drug-likeness (QED) is 0.425. The Kier molecular flexibility index (Phi) is 3.90. The third-order valence-corrected chi connectivity index (χ3v) is 3.08. The van der Waals surface area contributed by atoms with E-state index in [4.69, 9.17) is 4.74 Å². The van der Waals surface area contributed by atoms with Gasteiger partial charge in [-0.05, 0) is 19.8 Å². The van der Waals surface area contributed by atoms with Crippen LogP contribution < -0.4 is 0 Å². The number of Topliss-reactive ketones (excluding diaryl/α,β-unsaturated/α-hetero) is 1. The summed E-state index contributed by atoms with van der Waals surface area (Å²) in [7, 11) is 0. The number of esters is 1. The van der Waals surface area contributed by atoms with Crippen molar-refractivity contribution in [3.63, 3.8) is 0 Å². The van der Waals surface area contributed by atoms with Gasteiger partial charge < -0.3 is 4.74 Å². The van der Waals surface area contributed by atoms with Crippen molar-refractivity contribution in [2.24, 2.45) is 5.92 Å². The van der Waals surface area contributed by atoms with Crippen molar-refractivity contribution < 1.29 is 14.3 Å². The lowest BCUT2D eigenvalue weighted by molar-refractivity contribution is -0.152. The van der Waals surface area contributed by atoms with Gasteiger partial charge in [-0.25, -0.2) is 0 Å². The Hall–Kier alpha value is -0.380. The third-order valence-electron chi connectivity index (χ3n) is 2.17. The Morgan fingerprint density at radius 1 is 1.62 bits per heavy atom. The van der Waals surface area contributed by atoms with Crippen LogP contribution in [-0.2, 0) is 14.3 Å². The number of alkyl halides is 1. The topological polar surface area (TPSA) is 43.4 Å². The summed E-state index contributed by atoms with van der Waals surface area (Å²) < 4.78 is 4.82. The molecule has 3 nitrogen and oxygen atoms in total. The molecule has 1 rings (SSSR count). The number of carbonyl (C=O) groups excluding carboxylic acids is 2. The van der Waals surface area contributed by atoms with Crippen LogP contribution in [0.3, 0.4) is 0 Å². The van der Waals surface area contributed by atoms with Gasteiger partial charge in [-0.15, -0.1) is 0 Å². The van der Waals surface area contributed by atoms with Gasteiger partial charge in [-0.1, -0.05) is 22.4 Å². The van der Waals surface area contributed by atoms with Crippen LogP contribution in [0.2, 0.25) is 0 Å². The zero-order chi connectivity index (χ0) is 9.84. The first-order chi connectivity index (χ1) is 6.16. The summed E-state index contributed by atoms with van der Waals surface area (Å²) in [5.41, 5.74) is 0. The van der Waals surface area contributed by atoms with E-state index >= 15 is 0 Å². The van der Waals surface area contributed by atoms with Gasteiger partial charge in [0.25, 0.3) is 0 Å². The Labute approximate surface area is 86.0 Å². The van der Waals surface area contributed by atoms with E-state index < -0.39 is 5.92 Å². The van der Waals surface area contributed by atoms with E-state index in [0.717, 1.165) is 12.8 Å². The van der Waals surface area contributed by atoms with Gasteiger partial charge >= 0.3 is 5.97 Å². The Balaban J connectivity index is 2.57. The maximum Gasteiger partial charge on any atom is 0.316 e. The minimum absolute atomic E-state index is 0.0234. The van der Waals surface area contributed by atoms with Crippen molar-refractivity contribution in [1.29, 1.82) is 0 Å². The fourth-order valence-electron chi connectivity index (χ4n) is 1.48. The van der Waals surface area contributed by atoms with E-state index in [1.165, 1.54) is 0 Å². The summed E-state index contributed by atoms with van der Waals surface area (Å²) in [6.07, 6.45) is 2.37. The summed E-state index contributed by atoms with van der Waals surface area (Å²) >= 11 is 3.26. The molecule has 1 saturated carbocycles. The van der Waals surface area contributed by atoms with Gasteiger partial charge in [0.05, 0.1) is 11.4 Å². The van der Waals surface area contributed by atoms with Crippen molar-refractivity contribution in [3.8, 4) is 0 Å². The molecule has 13 heavy (non-hydrogen) atoms. The zero-order valence-electron chi connectivity index (χ0n) is 7.59. The molecule has 0 radical (unpaired) electrons. The molecule has 1 fully saturated rings. The first-order valence-electron chi connectivity index (χ1n) is 4.51. The predicted molar refractivity (Wildman–Crippen MR) is 51.7 cm³/mol. The van der Waals surface area contributed by atoms with Gasteiger partial charge in [-0.3, -0.25) is 9.59 Å². The minimum Gasteiger partial charge on any atom is -0.465 e. The molecule has 0 aromatic heterocycles. The fraction of sp³-hybridized carbons (Fsp3) is 0.778. The highest BCUT2D eigenvalue weighted by Gasteiger charge is 2.35. The second kappa shape index (κ2) is 4.74. The van der Waals surface area contributed by atoms with Crippen molar-refractivity contribution >= 4 is 27.7 Å². The summed E-state index contributed by atoms with van der Waals surface area (Å²) in [4.78, 5) is 22.6. The molecule has 0 heterocycles. The van der Waals surface area contributed by atoms with Crippen LogP contribution in [0.15, 0.2) is 0 Å². The Morgan fingerprint density at radius 3 is 2.92 bits per heavy atom. The second-order valence-electron chi connectivity index (χ2n) is 3.11. The van der Waals surface area contributed by atoms with Crippen LogP contribution in [0.5, 0.6) is 0 Å². The van der Waals surface area contributed by atoms with Crippen molar-refractivity contribution in [1.82, 2.24) is 0 Å². The number of hydrogen-bond acceptors (Lipinski definition) is 3. The fourth-order valence-corrected chi connectivity index (χ4v) is 2.12. The molecule has 0 aromatic carbocycles. The highest BCUT2D eigenvalue weighted by atomic mass is 79.9. The van der Waals surface area contributed by atoms with Gasteiger partial charge in [0, 0.05) is 0 Å². The average Bonchev–Trinajstić information content (AvgIpc) is 2.10. The molecule has 0 aliphatic heterocycles. The van der Waals surface area contributed by atoms with Gasteiger partial charge in [-0.2, -0.15) is 0 Å². The molecule has 0 N–H and O–H groups in total. The first-order valence-corrected chi connectivity index (χ1v) is 5.42. The molecule has 1 aliphatic carbocycles. The number of hydrogen-bond donors (Lipinski definition) is 0. The molecule has 1 aliphatic rings. The maximum atomic E-state index is 11.5. The van der Waals surface area contributed by atoms with Crippen LogP contribution in [0.1, 0.15) is 26.2 Å². The average molecular weight is 249 g/mol. The predicted octanol–water partition coefficient (Wildman–Crippen LogP) is 1.68. The van der Waals surface area contributed by atoms with Crippen molar-refractivity contribution in [3.05, 3.63) is 0 Å². The molecule has 74 valence electrons. The molecule has 0 unspecified atom stereocenters.